The van der Waals surface area contributed by atoms with Gasteiger partial charge in [0, 0.05) is 6.54 Å². The minimum atomic E-state index is -0.263. The highest BCUT2D eigenvalue weighted by Gasteiger charge is 2.43. The molecule has 112 valence electrons. The molecule has 2 aliphatic rings. The van der Waals surface area contributed by atoms with Crippen LogP contribution in [0.15, 0.2) is 24.3 Å². The Bertz CT molecular complexity index is 570. The Kier molecular flexibility index (Phi) is 3.81. The Hall–Kier alpha value is -1.68. The second-order valence-electron chi connectivity index (χ2n) is 6.37. The van der Waals surface area contributed by atoms with Crippen molar-refractivity contribution in [1.82, 2.24) is 4.90 Å². The molecule has 4 nitrogen and oxygen atoms in total. The summed E-state index contributed by atoms with van der Waals surface area (Å²) in [5.74, 6) is 0.475. The molecule has 0 N–H and O–H groups in total. The standard InChI is InChI=1S/C17H22N2O2/c1-12-5-3-7-14(9-12)19-16(20)10-15(17(19)21)18-8-4-6-13(2)11-18/h3,5,7,9,13,15H,4,6,8,10-11H2,1-2H3/t13-,15-/m0/s1. The van der Waals surface area contributed by atoms with E-state index in [-0.39, 0.29) is 17.9 Å². The van der Waals surface area contributed by atoms with Crippen molar-refractivity contribution < 1.29 is 9.59 Å². The summed E-state index contributed by atoms with van der Waals surface area (Å²) in [5.41, 5.74) is 1.76. The van der Waals surface area contributed by atoms with Gasteiger partial charge in [0.05, 0.1) is 18.2 Å². The highest BCUT2D eigenvalue weighted by Crippen LogP contribution is 2.28. The minimum absolute atomic E-state index is 0.0558. The van der Waals surface area contributed by atoms with Crippen LogP contribution in [0.4, 0.5) is 5.69 Å². The van der Waals surface area contributed by atoms with Crippen LogP contribution in [0.5, 0.6) is 0 Å². The van der Waals surface area contributed by atoms with Crippen molar-refractivity contribution in [2.75, 3.05) is 18.0 Å². The Balaban J connectivity index is 1.82. The van der Waals surface area contributed by atoms with Crippen molar-refractivity contribution in [2.45, 2.75) is 39.2 Å². The fourth-order valence-electron chi connectivity index (χ4n) is 3.45. The maximum Gasteiger partial charge on any atom is 0.251 e. The zero-order chi connectivity index (χ0) is 15.0. The second kappa shape index (κ2) is 5.60. The quantitative estimate of drug-likeness (QED) is 0.784. The van der Waals surface area contributed by atoms with Gasteiger partial charge in [-0.15, -0.1) is 0 Å². The molecular formula is C17H22N2O2. The average Bonchev–Trinajstić information content (AvgIpc) is 2.74. The molecule has 2 aliphatic heterocycles. The maximum absolute atomic E-state index is 12.7. The van der Waals surface area contributed by atoms with Crippen LogP contribution < -0.4 is 4.90 Å². The van der Waals surface area contributed by atoms with E-state index >= 15 is 0 Å². The minimum Gasteiger partial charge on any atom is -0.291 e. The van der Waals surface area contributed by atoms with E-state index in [9.17, 15) is 9.59 Å². The van der Waals surface area contributed by atoms with Crippen molar-refractivity contribution in [2.24, 2.45) is 5.92 Å². The smallest absolute Gasteiger partial charge is 0.251 e. The molecule has 0 spiro atoms. The van der Waals surface area contributed by atoms with Gasteiger partial charge in [0.15, 0.2) is 0 Å². The number of carbonyl (C=O) groups is 2. The van der Waals surface area contributed by atoms with Gasteiger partial charge in [0.1, 0.15) is 0 Å². The van der Waals surface area contributed by atoms with Gasteiger partial charge in [-0.05, 0) is 49.9 Å². The highest BCUT2D eigenvalue weighted by atomic mass is 16.2. The van der Waals surface area contributed by atoms with Crippen LogP contribution in [0.2, 0.25) is 0 Å². The molecule has 3 rings (SSSR count). The molecule has 2 amide bonds. The lowest BCUT2D eigenvalue weighted by Gasteiger charge is -2.34. The van der Waals surface area contributed by atoms with Crippen LogP contribution in [-0.4, -0.2) is 35.8 Å². The molecule has 0 unspecified atom stereocenters. The van der Waals surface area contributed by atoms with E-state index in [1.807, 2.05) is 31.2 Å². The number of amides is 2. The SMILES string of the molecule is Cc1cccc(N2C(=O)C[C@H](N3CCC[C@H](C)C3)C2=O)c1. The molecule has 4 heteroatoms. The van der Waals surface area contributed by atoms with Gasteiger partial charge in [0.2, 0.25) is 5.91 Å². The first-order valence-corrected chi connectivity index (χ1v) is 7.74. The predicted octanol–water partition coefficient (Wildman–Crippen LogP) is 2.36. The van der Waals surface area contributed by atoms with Gasteiger partial charge in [0.25, 0.3) is 5.91 Å². The Morgan fingerprint density at radius 2 is 2.05 bits per heavy atom. The third-order valence-electron chi connectivity index (χ3n) is 4.51. The first-order valence-electron chi connectivity index (χ1n) is 7.74. The molecule has 0 aliphatic carbocycles. The molecule has 2 saturated heterocycles. The highest BCUT2D eigenvalue weighted by molar-refractivity contribution is 6.22. The van der Waals surface area contributed by atoms with Crippen LogP contribution in [0.25, 0.3) is 0 Å². The Morgan fingerprint density at radius 1 is 1.24 bits per heavy atom. The summed E-state index contributed by atoms with van der Waals surface area (Å²) >= 11 is 0. The monoisotopic (exact) mass is 286 g/mol. The van der Waals surface area contributed by atoms with E-state index in [1.165, 1.54) is 11.3 Å². The van der Waals surface area contributed by atoms with Crippen LogP contribution in [0.3, 0.4) is 0 Å². The van der Waals surface area contributed by atoms with Crippen molar-refractivity contribution in [1.29, 1.82) is 0 Å². The molecule has 1 aromatic carbocycles. The maximum atomic E-state index is 12.7. The molecule has 2 heterocycles. The van der Waals surface area contributed by atoms with Gasteiger partial charge in [-0.3, -0.25) is 14.5 Å². The number of likely N-dealkylation sites (tertiary alicyclic amines) is 1. The van der Waals surface area contributed by atoms with Crippen molar-refractivity contribution in [3.63, 3.8) is 0 Å². The Morgan fingerprint density at radius 3 is 2.76 bits per heavy atom. The number of nitrogens with zero attached hydrogens (tertiary/aromatic N) is 2. The molecule has 0 aromatic heterocycles. The summed E-state index contributed by atoms with van der Waals surface area (Å²) in [4.78, 5) is 28.6. The third-order valence-corrected chi connectivity index (χ3v) is 4.51. The number of benzene rings is 1. The number of carbonyl (C=O) groups excluding carboxylic acids is 2. The third kappa shape index (κ3) is 2.72. The first kappa shape index (κ1) is 14.3. The molecule has 2 atom stereocenters. The zero-order valence-electron chi connectivity index (χ0n) is 12.7. The predicted molar refractivity (Wildman–Crippen MR) is 82.0 cm³/mol. The van der Waals surface area contributed by atoms with Crippen molar-refractivity contribution >= 4 is 17.5 Å². The van der Waals surface area contributed by atoms with E-state index < -0.39 is 0 Å². The summed E-state index contributed by atoms with van der Waals surface area (Å²) in [6, 6.07) is 7.33. The first-order chi connectivity index (χ1) is 10.1. The van der Waals surface area contributed by atoms with E-state index in [2.05, 4.69) is 11.8 Å². The molecule has 0 saturated carbocycles. The van der Waals surface area contributed by atoms with Gasteiger partial charge >= 0.3 is 0 Å². The van der Waals surface area contributed by atoms with Crippen LogP contribution in [-0.2, 0) is 9.59 Å². The lowest BCUT2D eigenvalue weighted by Crippen LogP contribution is -2.46. The van der Waals surface area contributed by atoms with Crippen LogP contribution >= 0.6 is 0 Å². The number of anilines is 1. The van der Waals surface area contributed by atoms with Crippen LogP contribution in [0, 0.1) is 12.8 Å². The number of rotatable bonds is 2. The topological polar surface area (TPSA) is 40.6 Å². The van der Waals surface area contributed by atoms with Crippen LogP contribution in [0.1, 0.15) is 31.7 Å². The van der Waals surface area contributed by atoms with Crippen molar-refractivity contribution in [3.8, 4) is 0 Å². The Labute approximate surface area is 125 Å². The lowest BCUT2D eigenvalue weighted by molar-refractivity contribution is -0.123. The average molecular weight is 286 g/mol. The molecule has 1 aromatic rings. The van der Waals surface area contributed by atoms with Gasteiger partial charge in [-0.1, -0.05) is 19.1 Å². The largest absolute Gasteiger partial charge is 0.291 e. The van der Waals surface area contributed by atoms with Gasteiger partial charge in [-0.25, -0.2) is 4.90 Å². The summed E-state index contributed by atoms with van der Waals surface area (Å²) in [6.45, 7) is 6.03. The summed E-state index contributed by atoms with van der Waals surface area (Å²) in [5, 5.41) is 0. The summed E-state index contributed by atoms with van der Waals surface area (Å²) < 4.78 is 0. The van der Waals surface area contributed by atoms with Gasteiger partial charge < -0.3 is 0 Å². The fourth-order valence-corrected chi connectivity index (χ4v) is 3.45. The zero-order valence-corrected chi connectivity index (χ0v) is 12.7. The van der Waals surface area contributed by atoms with E-state index in [1.54, 1.807) is 0 Å². The number of imide groups is 1. The number of aryl methyl sites for hydroxylation is 1. The molecular weight excluding hydrogens is 264 g/mol. The summed E-state index contributed by atoms with van der Waals surface area (Å²) in [6.07, 6.45) is 2.65. The number of hydrogen-bond acceptors (Lipinski definition) is 3. The fraction of sp³-hybridized carbons (Fsp3) is 0.529. The number of hydrogen-bond donors (Lipinski definition) is 0. The number of piperidine rings is 1. The summed E-state index contributed by atoms with van der Waals surface area (Å²) in [7, 11) is 0. The van der Waals surface area contributed by atoms with E-state index in [4.69, 9.17) is 0 Å². The normalized spacial score (nSPS) is 27.4. The van der Waals surface area contributed by atoms with Crippen molar-refractivity contribution in [3.05, 3.63) is 29.8 Å². The lowest BCUT2D eigenvalue weighted by atomic mass is 9.98. The molecule has 21 heavy (non-hydrogen) atoms. The van der Waals surface area contributed by atoms with E-state index in [0.29, 0.717) is 18.0 Å². The van der Waals surface area contributed by atoms with Gasteiger partial charge in [-0.2, -0.15) is 0 Å². The molecule has 0 bridgehead atoms. The molecule has 2 fully saturated rings. The molecule has 0 radical (unpaired) electrons. The second-order valence-corrected chi connectivity index (χ2v) is 6.37. The van der Waals surface area contributed by atoms with E-state index in [0.717, 1.165) is 25.1 Å².